The van der Waals surface area contributed by atoms with Gasteiger partial charge in [0.25, 0.3) is 0 Å². The van der Waals surface area contributed by atoms with Gasteiger partial charge in [0.2, 0.25) is 0 Å². The Bertz CT molecular complexity index is 352. The summed E-state index contributed by atoms with van der Waals surface area (Å²) >= 11 is 0. The van der Waals surface area contributed by atoms with Crippen LogP contribution >= 0.6 is 0 Å². The van der Waals surface area contributed by atoms with Crippen LogP contribution in [0.2, 0.25) is 0 Å². The van der Waals surface area contributed by atoms with Crippen LogP contribution in [-0.2, 0) is 0 Å². The van der Waals surface area contributed by atoms with E-state index in [1.165, 1.54) is 12.1 Å². The van der Waals surface area contributed by atoms with Crippen LogP contribution in [0.5, 0.6) is 5.75 Å². The summed E-state index contributed by atoms with van der Waals surface area (Å²) in [7, 11) is 1.78. The van der Waals surface area contributed by atoms with Crippen LogP contribution in [0.3, 0.4) is 0 Å². The van der Waals surface area contributed by atoms with Gasteiger partial charge in [-0.25, -0.2) is 4.39 Å². The number of nitrogens with one attached hydrogen (secondary N) is 1. The lowest BCUT2D eigenvalue weighted by Crippen LogP contribution is -2.04. The third-order valence-corrected chi connectivity index (χ3v) is 1.45. The second kappa shape index (κ2) is 4.48. The minimum Gasteiger partial charge on any atom is -0.507 e. The zero-order chi connectivity index (χ0) is 9.68. The molecule has 1 aromatic rings. The Morgan fingerprint density at radius 3 is 2.92 bits per heavy atom. The molecule has 0 saturated carbocycles. The maximum Gasteiger partial charge on any atom is 0.134 e. The van der Waals surface area contributed by atoms with E-state index in [0.717, 1.165) is 6.07 Å². The third kappa shape index (κ3) is 2.77. The molecule has 0 amide bonds. The van der Waals surface area contributed by atoms with Crippen molar-refractivity contribution in [3.05, 3.63) is 29.6 Å². The van der Waals surface area contributed by atoms with Crippen LogP contribution in [0.1, 0.15) is 5.56 Å². The fourth-order valence-corrected chi connectivity index (χ4v) is 0.838. The van der Waals surface area contributed by atoms with Crippen molar-refractivity contribution in [2.75, 3.05) is 13.6 Å². The molecule has 0 heterocycles. The minimum atomic E-state index is -0.461. The average molecular weight is 179 g/mol. The van der Waals surface area contributed by atoms with Crippen molar-refractivity contribution in [3.63, 3.8) is 0 Å². The predicted molar refractivity (Wildman–Crippen MR) is 48.9 cm³/mol. The van der Waals surface area contributed by atoms with Crippen molar-refractivity contribution < 1.29 is 9.50 Å². The number of aromatic hydroxyl groups is 1. The molecule has 2 N–H and O–H groups in total. The summed E-state index contributed by atoms with van der Waals surface area (Å²) in [5.74, 6) is 4.90. The average Bonchev–Trinajstić information content (AvgIpc) is 2.09. The molecule has 1 aromatic carbocycles. The molecule has 0 spiro atoms. The SMILES string of the molecule is CNCC#Cc1ccc(F)cc1O. The molecule has 2 nitrogen and oxygen atoms in total. The number of hydrogen-bond acceptors (Lipinski definition) is 2. The molecular formula is C10H10FNO. The second-order valence-corrected chi connectivity index (χ2v) is 2.49. The van der Waals surface area contributed by atoms with Crippen molar-refractivity contribution in [1.82, 2.24) is 5.32 Å². The molecule has 0 aliphatic heterocycles. The Balaban J connectivity index is 2.85. The van der Waals surface area contributed by atoms with Gasteiger partial charge in [0.1, 0.15) is 11.6 Å². The zero-order valence-electron chi connectivity index (χ0n) is 7.26. The molecule has 0 fully saturated rings. The van der Waals surface area contributed by atoms with Crippen LogP contribution < -0.4 is 5.32 Å². The van der Waals surface area contributed by atoms with Crippen LogP contribution in [0.15, 0.2) is 18.2 Å². The number of rotatable bonds is 1. The topological polar surface area (TPSA) is 32.3 Å². The van der Waals surface area contributed by atoms with E-state index in [1.807, 2.05) is 0 Å². The Hall–Kier alpha value is -1.53. The quantitative estimate of drug-likeness (QED) is 0.633. The first-order valence-electron chi connectivity index (χ1n) is 3.86. The highest BCUT2D eigenvalue weighted by Crippen LogP contribution is 2.16. The molecule has 0 atom stereocenters. The monoisotopic (exact) mass is 179 g/mol. The maximum atomic E-state index is 12.5. The molecule has 0 radical (unpaired) electrons. The van der Waals surface area contributed by atoms with E-state index in [1.54, 1.807) is 7.05 Å². The normalized spacial score (nSPS) is 9.08. The second-order valence-electron chi connectivity index (χ2n) is 2.49. The maximum absolute atomic E-state index is 12.5. The number of hydrogen-bond donors (Lipinski definition) is 2. The number of halogens is 1. The van der Waals surface area contributed by atoms with Gasteiger partial charge in [-0.05, 0) is 19.2 Å². The van der Waals surface area contributed by atoms with Crippen LogP contribution in [0.25, 0.3) is 0 Å². The van der Waals surface area contributed by atoms with Gasteiger partial charge in [0.15, 0.2) is 0 Å². The van der Waals surface area contributed by atoms with Crippen molar-refractivity contribution in [1.29, 1.82) is 0 Å². The molecule has 0 unspecified atom stereocenters. The van der Waals surface area contributed by atoms with E-state index in [-0.39, 0.29) is 5.75 Å². The Morgan fingerprint density at radius 1 is 1.54 bits per heavy atom. The first-order chi connectivity index (χ1) is 6.24. The van der Waals surface area contributed by atoms with Crippen molar-refractivity contribution >= 4 is 0 Å². The third-order valence-electron chi connectivity index (χ3n) is 1.45. The first kappa shape index (κ1) is 9.56. The van der Waals surface area contributed by atoms with Gasteiger partial charge in [0.05, 0.1) is 12.1 Å². The van der Waals surface area contributed by atoms with Gasteiger partial charge in [-0.1, -0.05) is 11.8 Å². The first-order valence-corrected chi connectivity index (χ1v) is 3.86. The smallest absolute Gasteiger partial charge is 0.134 e. The Kier molecular flexibility index (Phi) is 3.30. The van der Waals surface area contributed by atoms with Crippen molar-refractivity contribution in [2.24, 2.45) is 0 Å². The summed E-state index contributed by atoms with van der Waals surface area (Å²) in [6.45, 7) is 0.539. The standard InChI is InChI=1S/C10H10FNO/c1-12-6-2-3-8-4-5-9(11)7-10(8)13/h4-5,7,12-13H,6H2,1H3. The summed E-state index contributed by atoms with van der Waals surface area (Å²) in [5, 5.41) is 12.1. The van der Waals surface area contributed by atoms with Gasteiger partial charge < -0.3 is 10.4 Å². The van der Waals surface area contributed by atoms with Gasteiger partial charge in [-0.15, -0.1) is 0 Å². The molecule has 0 aliphatic rings. The lowest BCUT2D eigenvalue weighted by Gasteiger charge is -1.95. The summed E-state index contributed by atoms with van der Waals surface area (Å²) < 4.78 is 12.5. The summed E-state index contributed by atoms with van der Waals surface area (Å²) in [6.07, 6.45) is 0. The van der Waals surface area contributed by atoms with Crippen LogP contribution in [-0.4, -0.2) is 18.7 Å². The lowest BCUT2D eigenvalue weighted by atomic mass is 10.2. The lowest BCUT2D eigenvalue weighted by molar-refractivity contribution is 0.467. The number of benzene rings is 1. The van der Waals surface area contributed by atoms with E-state index in [0.29, 0.717) is 12.1 Å². The summed E-state index contributed by atoms with van der Waals surface area (Å²) in [4.78, 5) is 0. The molecule has 1 rings (SSSR count). The molecule has 68 valence electrons. The largest absolute Gasteiger partial charge is 0.507 e. The molecule has 3 heteroatoms. The van der Waals surface area contributed by atoms with Crippen LogP contribution in [0, 0.1) is 17.7 Å². The van der Waals surface area contributed by atoms with Gasteiger partial charge in [-0.2, -0.15) is 0 Å². The number of phenols is 1. The number of phenolic OH excluding ortho intramolecular Hbond substituents is 1. The molecule has 13 heavy (non-hydrogen) atoms. The summed E-state index contributed by atoms with van der Waals surface area (Å²) in [5.41, 5.74) is 0.441. The van der Waals surface area contributed by atoms with E-state index in [9.17, 15) is 9.50 Å². The molecule has 0 aromatic heterocycles. The summed E-state index contributed by atoms with van der Waals surface area (Å²) in [6, 6.07) is 3.76. The highest BCUT2D eigenvalue weighted by molar-refractivity contribution is 5.45. The van der Waals surface area contributed by atoms with Gasteiger partial charge >= 0.3 is 0 Å². The van der Waals surface area contributed by atoms with E-state index in [4.69, 9.17) is 0 Å². The highest BCUT2D eigenvalue weighted by Gasteiger charge is 1.98. The van der Waals surface area contributed by atoms with Gasteiger partial charge in [-0.3, -0.25) is 0 Å². The van der Waals surface area contributed by atoms with Crippen molar-refractivity contribution in [3.8, 4) is 17.6 Å². The predicted octanol–water partition coefficient (Wildman–Crippen LogP) is 1.10. The van der Waals surface area contributed by atoms with Gasteiger partial charge in [0, 0.05) is 6.07 Å². The highest BCUT2D eigenvalue weighted by atomic mass is 19.1. The molecule has 0 saturated heterocycles. The minimum absolute atomic E-state index is 0.122. The van der Waals surface area contributed by atoms with E-state index < -0.39 is 5.82 Å². The fourth-order valence-electron chi connectivity index (χ4n) is 0.838. The van der Waals surface area contributed by atoms with E-state index >= 15 is 0 Å². The molecule has 0 aliphatic carbocycles. The Morgan fingerprint density at radius 2 is 2.31 bits per heavy atom. The Labute approximate surface area is 76.4 Å². The van der Waals surface area contributed by atoms with Crippen molar-refractivity contribution in [2.45, 2.75) is 0 Å². The zero-order valence-corrected chi connectivity index (χ0v) is 7.26. The molecule has 0 bridgehead atoms. The van der Waals surface area contributed by atoms with E-state index in [2.05, 4.69) is 17.2 Å². The fraction of sp³-hybridized carbons (Fsp3) is 0.200. The van der Waals surface area contributed by atoms with Crippen LogP contribution in [0.4, 0.5) is 4.39 Å². The molecular weight excluding hydrogens is 169 g/mol.